The third kappa shape index (κ3) is 6.97. The minimum atomic E-state index is -0.695. The van der Waals surface area contributed by atoms with Crippen LogP contribution in [0, 0.1) is 6.92 Å². The second kappa shape index (κ2) is 13.7. The molecule has 9 nitrogen and oxygen atoms in total. The van der Waals surface area contributed by atoms with E-state index in [1.54, 1.807) is 12.0 Å². The van der Waals surface area contributed by atoms with Gasteiger partial charge in [-0.25, -0.2) is 4.99 Å². The predicted molar refractivity (Wildman–Crippen MR) is 169 cm³/mol. The van der Waals surface area contributed by atoms with Crippen LogP contribution in [0.15, 0.2) is 82.8 Å². The van der Waals surface area contributed by atoms with Crippen LogP contribution in [0.4, 0.5) is 5.69 Å². The quantitative estimate of drug-likeness (QED) is 0.326. The number of benzene rings is 3. The number of hydrogen-bond acceptors (Lipinski definition) is 7. The highest BCUT2D eigenvalue weighted by atomic mass is 32.2. The van der Waals surface area contributed by atoms with Gasteiger partial charge >= 0.3 is 0 Å². The molecule has 2 atom stereocenters. The van der Waals surface area contributed by atoms with Gasteiger partial charge in [0, 0.05) is 30.6 Å². The summed E-state index contributed by atoms with van der Waals surface area (Å²) in [5.74, 6) is 0.593. The van der Waals surface area contributed by atoms with Crippen molar-refractivity contribution in [2.24, 2.45) is 9.98 Å². The molecule has 0 aliphatic carbocycles. The highest BCUT2D eigenvalue weighted by molar-refractivity contribution is 8.15. The van der Waals surface area contributed by atoms with Crippen LogP contribution in [0.25, 0.3) is 0 Å². The van der Waals surface area contributed by atoms with Gasteiger partial charge in [-0.15, -0.1) is 0 Å². The van der Waals surface area contributed by atoms with Gasteiger partial charge in [0.2, 0.25) is 11.8 Å². The zero-order valence-electron chi connectivity index (χ0n) is 24.5. The number of amides is 3. The molecule has 2 N–H and O–H groups in total. The standard InChI is InChI=1S/C33H35N5O4S/c1-4-28(32(41)35-19-22-15-13-21(2)14-16-22)43-33-36-25-11-7-6-10-24(25)30-37-31(40)26(38(30)33)17-18-29(39)34-20-23-9-5-8-12-27(23)42-3/h5-16,26,28H,4,17-20H2,1-3H3,(H,34,39)(H,35,41). The van der Waals surface area contributed by atoms with Crippen LogP contribution >= 0.6 is 11.8 Å². The molecule has 222 valence electrons. The molecule has 3 aromatic carbocycles. The minimum Gasteiger partial charge on any atom is -0.496 e. The van der Waals surface area contributed by atoms with Crippen molar-refractivity contribution in [3.63, 3.8) is 0 Å². The molecule has 2 aliphatic heterocycles. The second-order valence-corrected chi connectivity index (χ2v) is 11.6. The Morgan fingerprint density at radius 2 is 1.72 bits per heavy atom. The number of ether oxygens (including phenoxy) is 1. The fourth-order valence-corrected chi connectivity index (χ4v) is 6.10. The number of methoxy groups -OCH3 is 1. The van der Waals surface area contributed by atoms with Crippen LogP contribution < -0.4 is 15.4 Å². The summed E-state index contributed by atoms with van der Waals surface area (Å²) in [4.78, 5) is 50.4. The van der Waals surface area contributed by atoms with Gasteiger partial charge in [-0.2, -0.15) is 4.99 Å². The lowest BCUT2D eigenvalue weighted by Crippen LogP contribution is -2.45. The highest BCUT2D eigenvalue weighted by Crippen LogP contribution is 2.36. The number of hydrogen-bond donors (Lipinski definition) is 2. The number of nitrogens with zero attached hydrogens (tertiary/aromatic N) is 3. The van der Waals surface area contributed by atoms with Crippen LogP contribution in [0.3, 0.4) is 0 Å². The maximum absolute atomic E-state index is 13.3. The molecule has 2 heterocycles. The van der Waals surface area contributed by atoms with Crippen molar-refractivity contribution in [3.8, 4) is 5.75 Å². The predicted octanol–water partition coefficient (Wildman–Crippen LogP) is 4.89. The molecule has 43 heavy (non-hydrogen) atoms. The Balaban J connectivity index is 1.29. The zero-order valence-corrected chi connectivity index (χ0v) is 25.3. The number of nitrogens with one attached hydrogen (secondary N) is 2. The van der Waals surface area contributed by atoms with Crippen LogP contribution in [-0.4, -0.2) is 52.0 Å². The first-order valence-electron chi connectivity index (χ1n) is 14.4. The first-order valence-corrected chi connectivity index (χ1v) is 15.2. The Morgan fingerprint density at radius 1 is 0.977 bits per heavy atom. The number of fused-ring (bicyclic) bond motifs is 3. The first kappa shape index (κ1) is 30.0. The Kier molecular flexibility index (Phi) is 9.56. The number of para-hydroxylation sites is 2. The normalized spacial score (nSPS) is 16.0. The van der Waals surface area contributed by atoms with Gasteiger partial charge in [-0.3, -0.25) is 19.3 Å². The third-order valence-electron chi connectivity index (χ3n) is 7.42. The Hall–Kier alpha value is -4.44. The molecule has 10 heteroatoms. The lowest BCUT2D eigenvalue weighted by Gasteiger charge is -2.32. The van der Waals surface area contributed by atoms with Gasteiger partial charge in [-0.05, 0) is 43.5 Å². The summed E-state index contributed by atoms with van der Waals surface area (Å²) in [7, 11) is 1.59. The van der Waals surface area contributed by atoms with Gasteiger partial charge in [-0.1, -0.05) is 78.8 Å². The van der Waals surface area contributed by atoms with Crippen LogP contribution in [0.1, 0.15) is 48.4 Å². The fraction of sp³-hybridized carbons (Fsp3) is 0.303. The molecule has 0 spiro atoms. The maximum atomic E-state index is 13.3. The Bertz CT molecular complexity index is 1570. The lowest BCUT2D eigenvalue weighted by atomic mass is 10.1. The van der Waals surface area contributed by atoms with Crippen molar-refractivity contribution >= 4 is 46.2 Å². The lowest BCUT2D eigenvalue weighted by molar-refractivity contribution is -0.123. The molecule has 2 aliphatic rings. The summed E-state index contributed by atoms with van der Waals surface area (Å²) < 4.78 is 5.37. The van der Waals surface area contributed by atoms with Crippen molar-refractivity contribution < 1.29 is 19.1 Å². The van der Waals surface area contributed by atoms with Gasteiger partial charge in [0.15, 0.2) is 5.17 Å². The van der Waals surface area contributed by atoms with Crippen LogP contribution in [-0.2, 0) is 27.5 Å². The topological polar surface area (TPSA) is 112 Å². The van der Waals surface area contributed by atoms with Crippen LogP contribution in [0.5, 0.6) is 5.75 Å². The number of aliphatic imine (C=N–C) groups is 2. The Labute approximate surface area is 255 Å². The van der Waals surface area contributed by atoms with Gasteiger partial charge in [0.1, 0.15) is 17.6 Å². The fourth-order valence-electron chi connectivity index (χ4n) is 5.01. The van der Waals surface area contributed by atoms with E-state index >= 15 is 0 Å². The molecule has 3 aromatic rings. The third-order valence-corrected chi connectivity index (χ3v) is 8.75. The highest BCUT2D eigenvalue weighted by Gasteiger charge is 2.42. The summed E-state index contributed by atoms with van der Waals surface area (Å²) in [5.41, 5.74) is 4.49. The van der Waals surface area contributed by atoms with E-state index in [2.05, 4.69) is 15.6 Å². The summed E-state index contributed by atoms with van der Waals surface area (Å²) in [6, 6.07) is 22.4. The number of rotatable bonds is 11. The van der Waals surface area contributed by atoms with E-state index in [1.165, 1.54) is 11.8 Å². The number of carbonyl (C=O) groups is 3. The molecule has 5 rings (SSSR count). The average Bonchev–Trinajstić information content (AvgIpc) is 3.37. The number of aryl methyl sites for hydroxylation is 1. The van der Waals surface area contributed by atoms with E-state index in [0.717, 1.165) is 22.3 Å². The molecule has 0 aromatic heterocycles. The van der Waals surface area contributed by atoms with E-state index in [9.17, 15) is 14.4 Å². The monoisotopic (exact) mass is 597 g/mol. The minimum absolute atomic E-state index is 0.106. The summed E-state index contributed by atoms with van der Waals surface area (Å²) >= 11 is 1.32. The molecule has 2 unspecified atom stereocenters. The van der Waals surface area contributed by atoms with Gasteiger partial charge < -0.3 is 15.4 Å². The van der Waals surface area contributed by atoms with E-state index in [1.807, 2.05) is 86.6 Å². The summed E-state index contributed by atoms with van der Waals surface area (Å²) in [6.45, 7) is 4.72. The van der Waals surface area contributed by atoms with Crippen molar-refractivity contribution in [2.75, 3.05) is 7.11 Å². The number of thioether (sulfide) groups is 1. The van der Waals surface area contributed by atoms with Crippen LogP contribution in [0.2, 0.25) is 0 Å². The largest absolute Gasteiger partial charge is 0.496 e. The molecule has 0 saturated heterocycles. The second-order valence-electron chi connectivity index (χ2n) is 10.4. The Morgan fingerprint density at radius 3 is 2.49 bits per heavy atom. The number of amidine groups is 2. The van der Waals surface area contributed by atoms with Crippen molar-refractivity contribution in [1.82, 2.24) is 15.5 Å². The van der Waals surface area contributed by atoms with E-state index in [0.29, 0.717) is 42.0 Å². The van der Waals surface area contributed by atoms with Crippen molar-refractivity contribution in [1.29, 1.82) is 0 Å². The van der Waals surface area contributed by atoms with Gasteiger partial charge in [0.05, 0.1) is 18.0 Å². The van der Waals surface area contributed by atoms with Gasteiger partial charge in [0.25, 0.3) is 5.91 Å². The molecule has 0 bridgehead atoms. The summed E-state index contributed by atoms with van der Waals surface area (Å²) in [5, 5.41) is 6.06. The number of carbonyl (C=O) groups excluding carboxylic acids is 3. The maximum Gasteiger partial charge on any atom is 0.270 e. The molecule has 0 radical (unpaired) electrons. The smallest absolute Gasteiger partial charge is 0.270 e. The molecule has 0 saturated carbocycles. The van der Waals surface area contributed by atoms with E-state index in [-0.39, 0.29) is 30.6 Å². The average molecular weight is 598 g/mol. The van der Waals surface area contributed by atoms with E-state index in [4.69, 9.17) is 9.73 Å². The molecule has 3 amide bonds. The summed E-state index contributed by atoms with van der Waals surface area (Å²) in [6.07, 6.45) is 0.940. The zero-order chi connectivity index (χ0) is 30.3. The van der Waals surface area contributed by atoms with Crippen molar-refractivity contribution in [2.45, 2.75) is 57.5 Å². The van der Waals surface area contributed by atoms with E-state index < -0.39 is 11.3 Å². The first-order chi connectivity index (χ1) is 20.9. The SMILES string of the molecule is CCC(SC1=Nc2ccccc2C2=NC(=O)C(CCC(=O)NCc3ccccc3OC)N12)C(=O)NCc1ccc(C)cc1. The molecular weight excluding hydrogens is 562 g/mol. The van der Waals surface area contributed by atoms with Crippen molar-refractivity contribution in [3.05, 3.63) is 95.1 Å². The molecule has 0 fully saturated rings. The molecular formula is C33H35N5O4S.